The molecule has 21 heavy (non-hydrogen) atoms. The molecule has 114 valence electrons. The van der Waals surface area contributed by atoms with Crippen molar-refractivity contribution >= 4 is 27.3 Å². The van der Waals surface area contributed by atoms with Crippen molar-refractivity contribution in [3.63, 3.8) is 0 Å². The Hall–Kier alpha value is -2.15. The van der Waals surface area contributed by atoms with E-state index in [1.54, 1.807) is 6.92 Å². The molecule has 0 aliphatic carbocycles. The van der Waals surface area contributed by atoms with E-state index >= 15 is 0 Å². The van der Waals surface area contributed by atoms with Crippen LogP contribution in [0.3, 0.4) is 0 Å². The third-order valence-electron chi connectivity index (χ3n) is 2.64. The van der Waals surface area contributed by atoms with Gasteiger partial charge in [0, 0.05) is 11.6 Å². The van der Waals surface area contributed by atoms with Crippen molar-refractivity contribution in [3.05, 3.63) is 35.9 Å². The molecule has 7 heteroatoms. The Morgan fingerprint density at radius 2 is 1.81 bits per heavy atom. The topological polar surface area (TPSA) is 97.7 Å². The number of hydrogen-bond donors (Lipinski definition) is 1. The molecule has 1 aromatic rings. The van der Waals surface area contributed by atoms with Crippen LogP contribution in [0.25, 0.3) is 5.76 Å². The van der Waals surface area contributed by atoms with Crippen LogP contribution in [0.1, 0.15) is 18.9 Å². The highest BCUT2D eigenvalue weighted by molar-refractivity contribution is 7.91. The summed E-state index contributed by atoms with van der Waals surface area (Å²) in [6.45, 7) is 1.76. The van der Waals surface area contributed by atoms with Crippen LogP contribution in [0, 0.1) is 0 Å². The van der Waals surface area contributed by atoms with Gasteiger partial charge in [-0.1, -0.05) is 6.92 Å². The molecule has 0 saturated carbocycles. The molecule has 0 aliphatic heterocycles. The maximum Gasteiger partial charge on any atom is 0.378 e. The van der Waals surface area contributed by atoms with E-state index < -0.39 is 27.3 Å². The van der Waals surface area contributed by atoms with Crippen LogP contribution in [0.2, 0.25) is 0 Å². The number of ether oxygens (including phenoxy) is 1. The van der Waals surface area contributed by atoms with Gasteiger partial charge in [0.05, 0.1) is 17.8 Å². The summed E-state index contributed by atoms with van der Waals surface area (Å²) < 4.78 is 27.9. The zero-order chi connectivity index (χ0) is 16.0. The number of aliphatic hydroxyl groups is 1. The normalized spacial score (nSPS) is 12.0. The van der Waals surface area contributed by atoms with Gasteiger partial charge in [0.1, 0.15) is 5.76 Å². The largest absolute Gasteiger partial charge is 0.507 e. The Kier molecular flexibility index (Phi) is 5.66. The molecule has 0 saturated heterocycles. The molecule has 0 heterocycles. The smallest absolute Gasteiger partial charge is 0.378 e. The maximum absolute atomic E-state index is 11.8. The molecule has 0 fully saturated rings. The Balaban J connectivity index is 3.00. The fraction of sp³-hybridized carbons (Fsp3) is 0.286. The second-order valence-corrected chi connectivity index (χ2v) is 6.34. The van der Waals surface area contributed by atoms with Crippen molar-refractivity contribution in [1.29, 1.82) is 0 Å². The summed E-state index contributed by atoms with van der Waals surface area (Å²) in [5.74, 6) is -2.50. The van der Waals surface area contributed by atoms with Gasteiger partial charge < -0.3 is 9.84 Å². The summed E-state index contributed by atoms with van der Waals surface area (Å²) >= 11 is 0. The standard InChI is InChI=1S/C14H16O6S/c1-3-8-21(18,19)11-6-4-10(5-7-11)12(15)9-13(16)14(17)20-2/h4-7,9,15H,3,8H2,1-2H3/b12-9-. The lowest BCUT2D eigenvalue weighted by Crippen LogP contribution is -2.13. The highest BCUT2D eigenvalue weighted by atomic mass is 32.2. The summed E-state index contributed by atoms with van der Waals surface area (Å²) in [4.78, 5) is 22.3. The first-order chi connectivity index (χ1) is 9.81. The van der Waals surface area contributed by atoms with Crippen molar-refractivity contribution in [2.75, 3.05) is 12.9 Å². The minimum absolute atomic E-state index is 0.0367. The monoisotopic (exact) mass is 312 g/mol. The van der Waals surface area contributed by atoms with Crippen molar-refractivity contribution < 1.29 is 27.9 Å². The number of benzene rings is 1. The Bertz CT molecular complexity index is 655. The number of esters is 1. The van der Waals surface area contributed by atoms with Crippen LogP contribution in [-0.4, -0.2) is 38.1 Å². The lowest BCUT2D eigenvalue weighted by atomic mass is 10.1. The minimum atomic E-state index is -3.34. The molecular formula is C14H16O6S. The zero-order valence-electron chi connectivity index (χ0n) is 11.7. The van der Waals surface area contributed by atoms with Crippen LogP contribution in [0.4, 0.5) is 0 Å². The van der Waals surface area contributed by atoms with Gasteiger partial charge in [0.15, 0.2) is 9.84 Å². The zero-order valence-corrected chi connectivity index (χ0v) is 12.5. The van der Waals surface area contributed by atoms with Crippen LogP contribution in [0.15, 0.2) is 35.2 Å². The summed E-state index contributed by atoms with van der Waals surface area (Å²) in [7, 11) is -2.28. The predicted molar refractivity (Wildman–Crippen MR) is 76.4 cm³/mol. The Morgan fingerprint density at radius 1 is 1.24 bits per heavy atom. The van der Waals surface area contributed by atoms with E-state index in [2.05, 4.69) is 4.74 Å². The summed E-state index contributed by atoms with van der Waals surface area (Å²) in [5.41, 5.74) is 0.225. The van der Waals surface area contributed by atoms with Gasteiger partial charge in [-0.25, -0.2) is 13.2 Å². The average molecular weight is 312 g/mol. The molecule has 6 nitrogen and oxygen atoms in total. The third-order valence-corrected chi connectivity index (χ3v) is 4.57. The number of hydrogen-bond acceptors (Lipinski definition) is 6. The first-order valence-corrected chi connectivity index (χ1v) is 7.83. The van der Waals surface area contributed by atoms with Gasteiger partial charge >= 0.3 is 5.97 Å². The SMILES string of the molecule is CCCS(=O)(=O)c1ccc(/C(O)=C/C(=O)C(=O)OC)cc1. The predicted octanol–water partition coefficient (Wildman–Crippen LogP) is 1.51. The molecule has 1 rings (SSSR count). The molecule has 0 aliphatic rings. The van der Waals surface area contributed by atoms with E-state index in [1.807, 2.05) is 0 Å². The number of methoxy groups -OCH3 is 1. The number of ketones is 1. The van der Waals surface area contributed by atoms with Gasteiger partial charge in [-0.05, 0) is 30.7 Å². The summed E-state index contributed by atoms with van der Waals surface area (Å²) in [6.07, 6.45) is 1.23. The molecule has 0 radical (unpaired) electrons. The number of rotatable bonds is 6. The van der Waals surface area contributed by atoms with Crippen molar-refractivity contribution in [2.45, 2.75) is 18.2 Å². The molecule has 0 bridgehead atoms. The van der Waals surface area contributed by atoms with Crippen molar-refractivity contribution in [1.82, 2.24) is 0 Å². The van der Waals surface area contributed by atoms with E-state index in [9.17, 15) is 23.1 Å². The number of sulfone groups is 1. The van der Waals surface area contributed by atoms with Crippen molar-refractivity contribution in [2.24, 2.45) is 0 Å². The van der Waals surface area contributed by atoms with E-state index in [0.29, 0.717) is 6.42 Å². The third kappa shape index (κ3) is 4.42. The summed E-state index contributed by atoms with van der Waals surface area (Å²) in [6, 6.07) is 5.40. The van der Waals surface area contributed by atoms with E-state index in [0.717, 1.165) is 13.2 Å². The molecule has 0 amide bonds. The van der Waals surface area contributed by atoms with Gasteiger partial charge in [-0.3, -0.25) is 4.79 Å². The fourth-order valence-electron chi connectivity index (χ4n) is 1.59. The molecule has 0 atom stereocenters. The highest BCUT2D eigenvalue weighted by Gasteiger charge is 2.15. The van der Waals surface area contributed by atoms with E-state index in [-0.39, 0.29) is 16.2 Å². The van der Waals surface area contributed by atoms with Gasteiger partial charge in [-0.2, -0.15) is 0 Å². The van der Waals surface area contributed by atoms with E-state index in [1.165, 1.54) is 24.3 Å². The number of carbonyl (C=O) groups is 2. The highest BCUT2D eigenvalue weighted by Crippen LogP contribution is 2.17. The lowest BCUT2D eigenvalue weighted by molar-refractivity contribution is -0.149. The van der Waals surface area contributed by atoms with Gasteiger partial charge in [-0.15, -0.1) is 0 Å². The van der Waals surface area contributed by atoms with Crippen LogP contribution >= 0.6 is 0 Å². The minimum Gasteiger partial charge on any atom is -0.507 e. The molecule has 0 aromatic heterocycles. The molecular weight excluding hydrogens is 296 g/mol. The Labute approximate surface area is 123 Å². The number of carbonyl (C=O) groups excluding carboxylic acids is 2. The lowest BCUT2D eigenvalue weighted by Gasteiger charge is -2.04. The fourth-order valence-corrected chi connectivity index (χ4v) is 2.91. The quantitative estimate of drug-likeness (QED) is 0.370. The average Bonchev–Trinajstić information content (AvgIpc) is 2.46. The number of aliphatic hydroxyl groups excluding tert-OH is 1. The van der Waals surface area contributed by atoms with E-state index in [4.69, 9.17) is 0 Å². The second-order valence-electron chi connectivity index (χ2n) is 4.23. The maximum atomic E-state index is 11.8. The first-order valence-electron chi connectivity index (χ1n) is 6.18. The second kappa shape index (κ2) is 7.03. The first kappa shape index (κ1) is 16.9. The summed E-state index contributed by atoms with van der Waals surface area (Å²) in [5, 5.41) is 9.72. The molecule has 0 unspecified atom stereocenters. The molecule has 1 aromatic carbocycles. The van der Waals surface area contributed by atoms with Crippen LogP contribution < -0.4 is 0 Å². The molecule has 1 N–H and O–H groups in total. The molecule has 0 spiro atoms. The van der Waals surface area contributed by atoms with Gasteiger partial charge in [0.25, 0.3) is 5.78 Å². The van der Waals surface area contributed by atoms with Gasteiger partial charge in [0.2, 0.25) is 0 Å². The van der Waals surface area contributed by atoms with Crippen LogP contribution in [-0.2, 0) is 24.2 Å². The Morgan fingerprint density at radius 3 is 2.29 bits per heavy atom. The van der Waals surface area contributed by atoms with Crippen LogP contribution in [0.5, 0.6) is 0 Å². The van der Waals surface area contributed by atoms with Crippen molar-refractivity contribution in [3.8, 4) is 0 Å².